The fraction of sp³-hybridized carbons (Fsp3) is 0.538. The molecule has 2 nitrogen and oxygen atoms in total. The lowest BCUT2D eigenvalue weighted by molar-refractivity contribution is 0.243. The van der Waals surface area contributed by atoms with Crippen LogP contribution in [-0.4, -0.2) is 37.6 Å². The van der Waals surface area contributed by atoms with Crippen LogP contribution in [0.5, 0.6) is 0 Å². The van der Waals surface area contributed by atoms with Crippen molar-refractivity contribution in [3.63, 3.8) is 0 Å². The molecule has 1 aromatic rings. The lowest BCUT2D eigenvalue weighted by atomic mass is 10.1. The Hall–Kier alpha value is -1.00. The third-order valence-electron chi connectivity index (χ3n) is 3.15. The molecule has 1 saturated heterocycles. The van der Waals surface area contributed by atoms with Gasteiger partial charge in [-0.2, -0.15) is 0 Å². The van der Waals surface area contributed by atoms with E-state index in [2.05, 4.69) is 10.2 Å². The molecule has 0 aliphatic carbocycles. The third kappa shape index (κ3) is 3.23. The van der Waals surface area contributed by atoms with Crippen LogP contribution in [0.3, 0.4) is 0 Å². The van der Waals surface area contributed by atoms with Gasteiger partial charge in [0, 0.05) is 32.7 Å². The first kappa shape index (κ1) is 12.5. The number of piperazine rings is 1. The quantitative estimate of drug-likeness (QED) is 0.865. The maximum absolute atomic E-state index is 13.5. The zero-order valence-corrected chi connectivity index (χ0v) is 10.1. The summed E-state index contributed by atoms with van der Waals surface area (Å²) in [6.45, 7) is 6.50. The molecule has 0 saturated carbocycles. The number of aryl methyl sites for hydroxylation is 1. The Morgan fingerprint density at radius 1 is 1.24 bits per heavy atom. The van der Waals surface area contributed by atoms with Gasteiger partial charge in [-0.05, 0) is 30.5 Å². The highest BCUT2D eigenvalue weighted by Crippen LogP contribution is 2.15. The van der Waals surface area contributed by atoms with Gasteiger partial charge in [-0.1, -0.05) is 6.07 Å². The smallest absolute Gasteiger partial charge is 0.162 e. The Bertz CT molecular complexity index is 387. The van der Waals surface area contributed by atoms with E-state index in [-0.39, 0.29) is 0 Å². The molecule has 1 N–H and O–H groups in total. The molecular weight excluding hydrogens is 222 g/mol. The summed E-state index contributed by atoms with van der Waals surface area (Å²) in [4.78, 5) is 2.27. The molecule has 1 aliphatic heterocycles. The first-order valence-electron chi connectivity index (χ1n) is 6.04. The van der Waals surface area contributed by atoms with Crippen LogP contribution < -0.4 is 5.32 Å². The predicted octanol–water partition coefficient (Wildman–Crippen LogP) is 1.72. The highest BCUT2D eigenvalue weighted by atomic mass is 19.2. The normalized spacial score (nSPS) is 17.4. The third-order valence-corrected chi connectivity index (χ3v) is 3.15. The fourth-order valence-corrected chi connectivity index (χ4v) is 2.19. The first-order chi connectivity index (χ1) is 8.16. The summed E-state index contributed by atoms with van der Waals surface area (Å²) >= 11 is 0. The maximum Gasteiger partial charge on any atom is 0.162 e. The van der Waals surface area contributed by atoms with Gasteiger partial charge in [0.2, 0.25) is 0 Å². The second-order valence-electron chi connectivity index (χ2n) is 4.56. The summed E-state index contributed by atoms with van der Waals surface area (Å²) in [7, 11) is 0. The summed E-state index contributed by atoms with van der Waals surface area (Å²) in [5.74, 6) is -1.42. The zero-order chi connectivity index (χ0) is 12.3. The number of nitrogens with zero attached hydrogens (tertiary/aromatic N) is 1. The van der Waals surface area contributed by atoms with Crippen LogP contribution in [0.2, 0.25) is 0 Å². The molecular formula is C13H18F2N2. The van der Waals surface area contributed by atoms with Crippen molar-refractivity contribution in [1.29, 1.82) is 0 Å². The van der Waals surface area contributed by atoms with Crippen molar-refractivity contribution >= 4 is 0 Å². The Balaban J connectivity index is 1.98. The fourth-order valence-electron chi connectivity index (χ4n) is 2.19. The lowest BCUT2D eigenvalue weighted by Crippen LogP contribution is -2.44. The molecule has 4 heteroatoms. The molecule has 0 radical (unpaired) electrons. The van der Waals surface area contributed by atoms with Gasteiger partial charge in [0.05, 0.1) is 0 Å². The van der Waals surface area contributed by atoms with Gasteiger partial charge in [-0.3, -0.25) is 0 Å². The van der Waals surface area contributed by atoms with Crippen molar-refractivity contribution in [3.8, 4) is 0 Å². The van der Waals surface area contributed by atoms with Crippen molar-refractivity contribution in [2.24, 2.45) is 0 Å². The van der Waals surface area contributed by atoms with Gasteiger partial charge < -0.3 is 10.2 Å². The van der Waals surface area contributed by atoms with Crippen LogP contribution in [0.15, 0.2) is 12.1 Å². The van der Waals surface area contributed by atoms with Crippen LogP contribution >= 0.6 is 0 Å². The highest BCUT2D eigenvalue weighted by Gasteiger charge is 2.13. The Morgan fingerprint density at radius 3 is 2.65 bits per heavy atom. The minimum Gasteiger partial charge on any atom is -0.314 e. The molecule has 0 atom stereocenters. The van der Waals surface area contributed by atoms with Crippen LogP contribution in [0.25, 0.3) is 0 Å². The Kier molecular flexibility index (Phi) is 4.07. The average Bonchev–Trinajstić information content (AvgIpc) is 2.33. The first-order valence-corrected chi connectivity index (χ1v) is 6.04. The summed E-state index contributed by atoms with van der Waals surface area (Å²) < 4.78 is 26.7. The summed E-state index contributed by atoms with van der Waals surface area (Å²) in [5, 5.41) is 3.27. The van der Waals surface area contributed by atoms with Crippen LogP contribution in [0.1, 0.15) is 11.1 Å². The number of rotatable bonds is 3. The van der Waals surface area contributed by atoms with Gasteiger partial charge in [0.25, 0.3) is 0 Å². The number of benzene rings is 1. The average molecular weight is 240 g/mol. The molecule has 1 aromatic carbocycles. The largest absolute Gasteiger partial charge is 0.314 e. The van der Waals surface area contributed by atoms with E-state index in [1.807, 2.05) is 0 Å². The standard InChI is InChI=1S/C13H18F2N2/c1-10-8-11(13(15)12(14)9-10)2-5-17-6-3-16-4-7-17/h8-9,16H,2-7H2,1H3. The molecule has 0 spiro atoms. The molecule has 0 unspecified atom stereocenters. The molecule has 1 fully saturated rings. The van der Waals surface area contributed by atoms with E-state index in [0.29, 0.717) is 12.0 Å². The number of nitrogens with one attached hydrogen (secondary N) is 1. The van der Waals surface area contributed by atoms with Crippen molar-refractivity contribution in [2.75, 3.05) is 32.7 Å². The van der Waals surface area contributed by atoms with E-state index in [4.69, 9.17) is 0 Å². The molecule has 0 amide bonds. The monoisotopic (exact) mass is 240 g/mol. The molecule has 94 valence electrons. The summed E-state index contributed by atoms with van der Waals surface area (Å²) in [6.07, 6.45) is 0.574. The van der Waals surface area contributed by atoms with Crippen LogP contribution in [0, 0.1) is 18.6 Å². The van der Waals surface area contributed by atoms with Crippen LogP contribution in [0.4, 0.5) is 8.78 Å². The topological polar surface area (TPSA) is 15.3 Å². The van der Waals surface area contributed by atoms with Gasteiger partial charge in [-0.25, -0.2) is 8.78 Å². The number of halogens is 2. The predicted molar refractivity (Wildman–Crippen MR) is 64.1 cm³/mol. The molecule has 17 heavy (non-hydrogen) atoms. The van der Waals surface area contributed by atoms with E-state index in [9.17, 15) is 8.78 Å². The van der Waals surface area contributed by atoms with Crippen molar-refractivity contribution in [2.45, 2.75) is 13.3 Å². The minimum atomic E-state index is -0.736. The second-order valence-corrected chi connectivity index (χ2v) is 4.56. The van der Waals surface area contributed by atoms with Gasteiger partial charge >= 0.3 is 0 Å². The molecule has 0 aromatic heterocycles. The van der Waals surface area contributed by atoms with Gasteiger partial charge in [-0.15, -0.1) is 0 Å². The Morgan fingerprint density at radius 2 is 1.94 bits per heavy atom. The van der Waals surface area contributed by atoms with Gasteiger partial charge in [0.15, 0.2) is 11.6 Å². The van der Waals surface area contributed by atoms with Gasteiger partial charge in [0.1, 0.15) is 0 Å². The minimum absolute atomic E-state index is 0.487. The van der Waals surface area contributed by atoms with E-state index in [1.54, 1.807) is 13.0 Å². The van der Waals surface area contributed by atoms with E-state index >= 15 is 0 Å². The maximum atomic E-state index is 13.5. The summed E-state index contributed by atoms with van der Waals surface area (Å²) in [6, 6.07) is 2.98. The SMILES string of the molecule is Cc1cc(F)c(F)c(CCN2CCNCC2)c1. The zero-order valence-electron chi connectivity index (χ0n) is 10.1. The lowest BCUT2D eigenvalue weighted by Gasteiger charge is -2.27. The summed E-state index contributed by atoms with van der Waals surface area (Å²) in [5.41, 5.74) is 1.26. The molecule has 1 heterocycles. The molecule has 2 rings (SSSR count). The Labute approximate surface area is 101 Å². The highest BCUT2D eigenvalue weighted by molar-refractivity contribution is 5.25. The van der Waals surface area contributed by atoms with Crippen LogP contribution in [-0.2, 0) is 6.42 Å². The molecule has 1 aliphatic rings. The van der Waals surface area contributed by atoms with E-state index in [0.717, 1.165) is 38.3 Å². The van der Waals surface area contributed by atoms with E-state index in [1.165, 1.54) is 6.07 Å². The van der Waals surface area contributed by atoms with Crippen molar-refractivity contribution in [1.82, 2.24) is 10.2 Å². The second kappa shape index (κ2) is 5.56. The number of hydrogen-bond acceptors (Lipinski definition) is 2. The molecule has 0 bridgehead atoms. The van der Waals surface area contributed by atoms with Crippen molar-refractivity contribution < 1.29 is 8.78 Å². The number of hydrogen-bond donors (Lipinski definition) is 1. The van der Waals surface area contributed by atoms with Crippen molar-refractivity contribution in [3.05, 3.63) is 34.9 Å². The van der Waals surface area contributed by atoms with E-state index < -0.39 is 11.6 Å².